The van der Waals surface area contributed by atoms with Crippen LogP contribution in [-0.2, 0) is 6.54 Å². The summed E-state index contributed by atoms with van der Waals surface area (Å²) in [5, 5.41) is 3.05. The van der Waals surface area contributed by atoms with E-state index >= 15 is 0 Å². The quantitative estimate of drug-likeness (QED) is 0.573. The zero-order valence-corrected chi connectivity index (χ0v) is 15.1. The van der Waals surface area contributed by atoms with Crippen LogP contribution in [0.15, 0.2) is 74.9 Å². The lowest BCUT2D eigenvalue weighted by Crippen LogP contribution is -2.33. The minimum atomic E-state index is -0.561. The Labute approximate surface area is 159 Å². The molecule has 2 aromatic heterocycles. The first-order valence-corrected chi connectivity index (χ1v) is 8.69. The molecular weight excluding hydrogens is 358 g/mol. The maximum Gasteiger partial charge on any atom is 0.333 e. The maximum absolute atomic E-state index is 12.8. The highest BCUT2D eigenvalue weighted by atomic mass is 16.3. The first kappa shape index (κ1) is 17.5. The van der Waals surface area contributed by atoms with Crippen molar-refractivity contribution in [3.8, 4) is 5.69 Å². The van der Waals surface area contributed by atoms with Gasteiger partial charge >= 0.3 is 5.69 Å². The fourth-order valence-corrected chi connectivity index (χ4v) is 2.97. The monoisotopic (exact) mass is 375 g/mol. The van der Waals surface area contributed by atoms with E-state index in [9.17, 15) is 14.4 Å². The van der Waals surface area contributed by atoms with Gasteiger partial charge in [0.2, 0.25) is 0 Å². The highest BCUT2D eigenvalue weighted by Crippen LogP contribution is 2.12. The van der Waals surface area contributed by atoms with Crippen LogP contribution in [0.25, 0.3) is 16.6 Å². The van der Waals surface area contributed by atoms with Gasteiger partial charge in [0.25, 0.3) is 11.5 Å². The Morgan fingerprint density at radius 2 is 1.89 bits per heavy atom. The van der Waals surface area contributed by atoms with Crippen molar-refractivity contribution in [1.82, 2.24) is 14.9 Å². The Morgan fingerprint density at radius 3 is 2.61 bits per heavy atom. The number of aromatic nitrogens is 2. The van der Waals surface area contributed by atoms with Gasteiger partial charge in [0.1, 0.15) is 5.76 Å². The van der Waals surface area contributed by atoms with Crippen LogP contribution in [0.4, 0.5) is 0 Å². The van der Waals surface area contributed by atoms with Crippen molar-refractivity contribution < 1.29 is 9.21 Å². The van der Waals surface area contributed by atoms with Crippen LogP contribution in [0, 0.1) is 6.92 Å². The van der Waals surface area contributed by atoms with E-state index in [0.717, 1.165) is 10.1 Å². The van der Waals surface area contributed by atoms with Crippen molar-refractivity contribution in [1.29, 1.82) is 0 Å². The summed E-state index contributed by atoms with van der Waals surface area (Å²) in [6.07, 6.45) is 1.53. The molecule has 4 aromatic rings. The maximum atomic E-state index is 12.8. The third-order valence-corrected chi connectivity index (χ3v) is 4.46. The number of nitrogens with one attached hydrogen (secondary N) is 2. The number of carbonyl (C=O) groups excluding carboxylic acids is 1. The lowest BCUT2D eigenvalue weighted by Gasteiger charge is -2.08. The molecule has 2 aromatic carbocycles. The number of aromatic amines is 1. The summed E-state index contributed by atoms with van der Waals surface area (Å²) < 4.78 is 6.26. The lowest BCUT2D eigenvalue weighted by atomic mass is 10.1. The number of aryl methyl sites for hydroxylation is 1. The second-order valence-corrected chi connectivity index (χ2v) is 6.43. The van der Waals surface area contributed by atoms with E-state index in [1.165, 1.54) is 12.3 Å². The minimum Gasteiger partial charge on any atom is -0.467 e. The second kappa shape index (κ2) is 7.03. The molecule has 1 amide bonds. The van der Waals surface area contributed by atoms with E-state index in [0.29, 0.717) is 27.9 Å². The fraction of sp³-hybridized carbons (Fsp3) is 0.0952. The summed E-state index contributed by atoms with van der Waals surface area (Å²) in [5.41, 5.74) is 1.16. The molecule has 0 bridgehead atoms. The topological polar surface area (TPSA) is 97.1 Å². The van der Waals surface area contributed by atoms with Gasteiger partial charge in [-0.25, -0.2) is 9.36 Å². The van der Waals surface area contributed by atoms with E-state index in [2.05, 4.69) is 10.3 Å². The van der Waals surface area contributed by atoms with Crippen LogP contribution in [0.3, 0.4) is 0 Å². The molecule has 7 nitrogen and oxygen atoms in total. The zero-order chi connectivity index (χ0) is 19.7. The molecule has 7 heteroatoms. The van der Waals surface area contributed by atoms with Crippen LogP contribution < -0.4 is 16.6 Å². The summed E-state index contributed by atoms with van der Waals surface area (Å²) >= 11 is 0. The molecule has 0 aliphatic rings. The van der Waals surface area contributed by atoms with E-state index in [1.54, 1.807) is 36.4 Å². The number of furan rings is 1. The normalized spacial score (nSPS) is 10.9. The van der Waals surface area contributed by atoms with Gasteiger partial charge in [-0.3, -0.25) is 9.59 Å². The molecule has 2 N–H and O–H groups in total. The van der Waals surface area contributed by atoms with Crippen LogP contribution in [-0.4, -0.2) is 15.5 Å². The average molecular weight is 375 g/mol. The Balaban J connectivity index is 1.70. The molecule has 28 heavy (non-hydrogen) atoms. The number of hydrogen-bond donors (Lipinski definition) is 2. The van der Waals surface area contributed by atoms with E-state index in [-0.39, 0.29) is 12.5 Å². The number of H-pyrrole nitrogens is 1. The van der Waals surface area contributed by atoms with Crippen LogP contribution in [0.2, 0.25) is 0 Å². The molecule has 0 fully saturated rings. The van der Waals surface area contributed by atoms with Crippen molar-refractivity contribution in [2.24, 2.45) is 0 Å². The minimum absolute atomic E-state index is 0.245. The van der Waals surface area contributed by atoms with Gasteiger partial charge in [-0.1, -0.05) is 17.7 Å². The predicted molar refractivity (Wildman–Crippen MR) is 105 cm³/mol. The number of fused-ring (bicyclic) bond motifs is 1. The molecule has 0 aliphatic carbocycles. The second-order valence-electron chi connectivity index (χ2n) is 6.43. The van der Waals surface area contributed by atoms with Gasteiger partial charge in [0.05, 0.1) is 29.4 Å². The molecule has 4 rings (SSSR count). The van der Waals surface area contributed by atoms with Crippen molar-refractivity contribution in [3.63, 3.8) is 0 Å². The first-order chi connectivity index (χ1) is 13.5. The van der Waals surface area contributed by atoms with Gasteiger partial charge in [-0.05, 0) is 49.4 Å². The molecule has 0 atom stereocenters. The van der Waals surface area contributed by atoms with Crippen LogP contribution in [0.1, 0.15) is 21.7 Å². The SMILES string of the molecule is Cc1ccc(-n2c(=O)[nH]c3cc(C(=O)NCc4ccco4)ccc3c2=O)cc1. The number of rotatable bonds is 4. The number of amides is 1. The Bertz CT molecular complexity index is 1270. The van der Waals surface area contributed by atoms with Crippen molar-refractivity contribution in [2.45, 2.75) is 13.5 Å². The third kappa shape index (κ3) is 3.25. The van der Waals surface area contributed by atoms with Crippen LogP contribution in [0.5, 0.6) is 0 Å². The highest BCUT2D eigenvalue weighted by Gasteiger charge is 2.12. The summed E-state index contributed by atoms with van der Waals surface area (Å²) in [7, 11) is 0. The number of nitrogens with zero attached hydrogens (tertiary/aromatic N) is 1. The summed E-state index contributed by atoms with van der Waals surface area (Å²) in [6, 6.07) is 15.2. The van der Waals surface area contributed by atoms with Crippen molar-refractivity contribution in [3.05, 3.63) is 98.6 Å². The number of hydrogen-bond acceptors (Lipinski definition) is 4. The molecule has 0 unspecified atom stereocenters. The summed E-state index contributed by atoms with van der Waals surface area (Å²) in [5.74, 6) is 0.297. The zero-order valence-electron chi connectivity index (χ0n) is 15.1. The largest absolute Gasteiger partial charge is 0.467 e. The molecule has 0 saturated heterocycles. The first-order valence-electron chi connectivity index (χ1n) is 8.69. The van der Waals surface area contributed by atoms with E-state index in [4.69, 9.17) is 4.42 Å². The Hall–Kier alpha value is -3.87. The smallest absolute Gasteiger partial charge is 0.333 e. The van der Waals surface area contributed by atoms with E-state index in [1.807, 2.05) is 19.1 Å². The van der Waals surface area contributed by atoms with Gasteiger partial charge in [-0.2, -0.15) is 0 Å². The molecular formula is C21H17N3O4. The lowest BCUT2D eigenvalue weighted by molar-refractivity contribution is 0.0948. The van der Waals surface area contributed by atoms with Gasteiger partial charge < -0.3 is 14.7 Å². The van der Waals surface area contributed by atoms with Gasteiger partial charge in [-0.15, -0.1) is 0 Å². The Kier molecular flexibility index (Phi) is 4.41. The van der Waals surface area contributed by atoms with Gasteiger partial charge in [0.15, 0.2) is 0 Å². The molecule has 2 heterocycles. The molecule has 140 valence electrons. The number of benzene rings is 2. The number of carbonyl (C=O) groups is 1. The third-order valence-electron chi connectivity index (χ3n) is 4.46. The highest BCUT2D eigenvalue weighted by molar-refractivity contribution is 5.97. The van der Waals surface area contributed by atoms with Crippen molar-refractivity contribution >= 4 is 16.8 Å². The fourth-order valence-electron chi connectivity index (χ4n) is 2.97. The van der Waals surface area contributed by atoms with Gasteiger partial charge in [0, 0.05) is 5.56 Å². The van der Waals surface area contributed by atoms with Crippen LogP contribution >= 0.6 is 0 Å². The predicted octanol–water partition coefficient (Wildman–Crippen LogP) is 2.51. The van der Waals surface area contributed by atoms with E-state index < -0.39 is 11.2 Å². The molecule has 0 radical (unpaired) electrons. The Morgan fingerprint density at radius 1 is 1.11 bits per heavy atom. The standard InChI is InChI=1S/C21H17N3O4/c1-13-4-7-15(8-5-13)24-20(26)17-9-6-14(11-18(17)23-21(24)27)19(25)22-12-16-3-2-10-28-16/h2-11H,12H2,1H3,(H,22,25)(H,23,27). The molecule has 0 saturated carbocycles. The summed E-state index contributed by atoms with van der Waals surface area (Å²) in [6.45, 7) is 2.17. The summed E-state index contributed by atoms with van der Waals surface area (Å²) in [4.78, 5) is 40.4. The average Bonchev–Trinajstić information content (AvgIpc) is 3.21. The molecule has 0 aliphatic heterocycles. The van der Waals surface area contributed by atoms with Crippen molar-refractivity contribution in [2.75, 3.05) is 0 Å². The molecule has 0 spiro atoms.